The van der Waals surface area contributed by atoms with E-state index in [9.17, 15) is 4.79 Å². The molecule has 0 unspecified atom stereocenters. The first-order valence-corrected chi connectivity index (χ1v) is 6.86. The van der Waals surface area contributed by atoms with Crippen LogP contribution >= 0.6 is 0 Å². The van der Waals surface area contributed by atoms with Crippen molar-refractivity contribution in [2.24, 2.45) is 5.41 Å². The fourth-order valence-electron chi connectivity index (χ4n) is 2.07. The Bertz CT molecular complexity index is 660. The molecule has 1 N–H and O–H groups in total. The summed E-state index contributed by atoms with van der Waals surface area (Å²) in [5, 5.41) is 4.29. The molecule has 1 aromatic carbocycles. The Morgan fingerprint density at radius 1 is 1.14 bits per heavy atom. The second-order valence-corrected chi connectivity index (χ2v) is 6.11. The average molecular weight is 287 g/mol. The first-order valence-electron chi connectivity index (χ1n) is 6.86. The smallest absolute Gasteiger partial charge is 0.313 e. The number of hydrogen-bond acceptors (Lipinski definition) is 5. The van der Waals surface area contributed by atoms with Crippen LogP contribution in [-0.2, 0) is 9.53 Å². The maximum atomic E-state index is 12.0. The lowest BCUT2D eigenvalue weighted by Gasteiger charge is -2.40. The van der Waals surface area contributed by atoms with Gasteiger partial charge in [-0.1, -0.05) is 12.1 Å². The van der Waals surface area contributed by atoms with E-state index in [0.29, 0.717) is 5.82 Å². The Morgan fingerprint density at radius 3 is 2.48 bits per heavy atom. The number of nitrogens with one attached hydrogen (secondary N) is 1. The second-order valence-electron chi connectivity index (χ2n) is 6.11. The standard InChI is InChI=1S/C16H21N3O2/c1-15(2,14(20)21-5)16(3,4)19-13-11-8-6-7-9-12(11)17-10-18-13/h6-10H,1-5H3,(H,17,18,19). The van der Waals surface area contributed by atoms with Gasteiger partial charge in [-0.3, -0.25) is 4.79 Å². The van der Waals surface area contributed by atoms with Gasteiger partial charge >= 0.3 is 5.97 Å². The number of carbonyl (C=O) groups excluding carboxylic acids is 1. The number of nitrogens with zero attached hydrogens (tertiary/aromatic N) is 2. The molecule has 0 saturated heterocycles. The average Bonchev–Trinajstić information content (AvgIpc) is 2.46. The quantitative estimate of drug-likeness (QED) is 0.876. The van der Waals surface area contributed by atoms with Gasteiger partial charge in [0.25, 0.3) is 0 Å². The van der Waals surface area contributed by atoms with E-state index in [1.807, 2.05) is 52.0 Å². The molecular formula is C16H21N3O2. The highest BCUT2D eigenvalue weighted by molar-refractivity contribution is 5.89. The molecule has 0 aliphatic carbocycles. The Balaban J connectivity index is 2.41. The van der Waals surface area contributed by atoms with Crippen molar-refractivity contribution in [1.29, 1.82) is 0 Å². The Labute approximate surface area is 124 Å². The van der Waals surface area contributed by atoms with Crippen molar-refractivity contribution < 1.29 is 9.53 Å². The van der Waals surface area contributed by atoms with Gasteiger partial charge in [-0.25, -0.2) is 9.97 Å². The lowest BCUT2D eigenvalue weighted by molar-refractivity contribution is -0.153. The van der Waals surface area contributed by atoms with Gasteiger partial charge in [-0.15, -0.1) is 0 Å². The SMILES string of the molecule is COC(=O)C(C)(C)C(C)(C)Nc1ncnc2ccccc12. The number of anilines is 1. The summed E-state index contributed by atoms with van der Waals surface area (Å²) in [5.41, 5.74) is -0.396. The van der Waals surface area contributed by atoms with E-state index < -0.39 is 11.0 Å². The lowest BCUT2D eigenvalue weighted by atomic mass is 9.74. The van der Waals surface area contributed by atoms with Crippen LogP contribution in [0.1, 0.15) is 27.7 Å². The molecule has 0 amide bonds. The number of ether oxygens (including phenoxy) is 1. The molecule has 21 heavy (non-hydrogen) atoms. The summed E-state index contributed by atoms with van der Waals surface area (Å²) in [4.78, 5) is 20.6. The maximum absolute atomic E-state index is 12.0. The number of fused-ring (bicyclic) bond motifs is 1. The molecular weight excluding hydrogens is 266 g/mol. The van der Waals surface area contributed by atoms with Gasteiger partial charge in [0.1, 0.15) is 12.1 Å². The first kappa shape index (κ1) is 15.2. The summed E-state index contributed by atoms with van der Waals surface area (Å²) in [7, 11) is 1.40. The van der Waals surface area contributed by atoms with E-state index in [-0.39, 0.29) is 5.97 Å². The van der Waals surface area contributed by atoms with Crippen molar-refractivity contribution in [1.82, 2.24) is 9.97 Å². The molecule has 0 saturated carbocycles. The summed E-state index contributed by atoms with van der Waals surface area (Å²) >= 11 is 0. The monoisotopic (exact) mass is 287 g/mol. The third kappa shape index (κ3) is 2.68. The third-order valence-electron chi connectivity index (χ3n) is 4.23. The second kappa shape index (κ2) is 5.31. The third-order valence-corrected chi connectivity index (χ3v) is 4.23. The number of hydrogen-bond donors (Lipinski definition) is 1. The van der Waals surface area contributed by atoms with Gasteiger partial charge in [0.2, 0.25) is 0 Å². The number of esters is 1. The molecule has 2 aromatic rings. The number of methoxy groups -OCH3 is 1. The van der Waals surface area contributed by atoms with Crippen LogP contribution in [-0.4, -0.2) is 28.6 Å². The molecule has 0 aliphatic heterocycles. The molecule has 0 radical (unpaired) electrons. The molecule has 112 valence electrons. The zero-order chi connectivity index (χ0) is 15.7. The van der Waals surface area contributed by atoms with Gasteiger partial charge < -0.3 is 10.1 Å². The van der Waals surface area contributed by atoms with Crippen LogP contribution in [0.25, 0.3) is 10.9 Å². The predicted molar refractivity (Wildman–Crippen MR) is 83.0 cm³/mol. The fraction of sp³-hybridized carbons (Fsp3) is 0.438. The van der Waals surface area contributed by atoms with Crippen molar-refractivity contribution in [3.63, 3.8) is 0 Å². The van der Waals surface area contributed by atoms with E-state index in [2.05, 4.69) is 15.3 Å². The van der Waals surface area contributed by atoms with Gasteiger partial charge in [0.15, 0.2) is 0 Å². The lowest BCUT2D eigenvalue weighted by Crippen LogP contribution is -2.51. The number of para-hydroxylation sites is 1. The zero-order valence-electron chi connectivity index (χ0n) is 13.1. The normalized spacial score (nSPS) is 12.2. The van der Waals surface area contributed by atoms with Crippen molar-refractivity contribution in [3.8, 4) is 0 Å². The molecule has 0 bridgehead atoms. The predicted octanol–water partition coefficient (Wildman–Crippen LogP) is 3.02. The van der Waals surface area contributed by atoms with Crippen LogP contribution in [0.4, 0.5) is 5.82 Å². The van der Waals surface area contributed by atoms with E-state index in [1.165, 1.54) is 13.4 Å². The molecule has 5 nitrogen and oxygen atoms in total. The van der Waals surface area contributed by atoms with Crippen molar-refractivity contribution in [2.75, 3.05) is 12.4 Å². The van der Waals surface area contributed by atoms with Crippen molar-refractivity contribution in [2.45, 2.75) is 33.2 Å². The minimum absolute atomic E-state index is 0.265. The molecule has 0 spiro atoms. The van der Waals surface area contributed by atoms with Crippen LogP contribution in [0.3, 0.4) is 0 Å². The van der Waals surface area contributed by atoms with E-state index >= 15 is 0 Å². The van der Waals surface area contributed by atoms with Gasteiger partial charge in [-0.05, 0) is 39.8 Å². The maximum Gasteiger partial charge on any atom is 0.313 e. The van der Waals surface area contributed by atoms with Gasteiger partial charge in [0, 0.05) is 10.9 Å². The van der Waals surface area contributed by atoms with E-state index in [0.717, 1.165) is 10.9 Å². The topological polar surface area (TPSA) is 64.1 Å². The summed E-state index contributed by atoms with van der Waals surface area (Å²) in [6.45, 7) is 7.63. The molecule has 2 rings (SSSR count). The van der Waals surface area contributed by atoms with Gasteiger partial charge in [-0.2, -0.15) is 0 Å². The van der Waals surface area contributed by atoms with E-state index in [1.54, 1.807) is 0 Å². The molecule has 0 fully saturated rings. The van der Waals surface area contributed by atoms with Crippen molar-refractivity contribution >= 4 is 22.7 Å². The largest absolute Gasteiger partial charge is 0.469 e. The minimum atomic E-state index is -0.714. The summed E-state index contributed by atoms with van der Waals surface area (Å²) in [6.07, 6.45) is 1.52. The fourth-order valence-corrected chi connectivity index (χ4v) is 2.07. The van der Waals surface area contributed by atoms with Crippen LogP contribution < -0.4 is 5.32 Å². The van der Waals surface area contributed by atoms with Crippen LogP contribution in [0.15, 0.2) is 30.6 Å². The first-order chi connectivity index (χ1) is 9.79. The highest BCUT2D eigenvalue weighted by Crippen LogP contribution is 2.35. The highest BCUT2D eigenvalue weighted by atomic mass is 16.5. The molecule has 0 atom stereocenters. The Hall–Kier alpha value is -2.17. The highest BCUT2D eigenvalue weighted by Gasteiger charge is 2.44. The van der Waals surface area contributed by atoms with Crippen LogP contribution in [0, 0.1) is 5.41 Å². The number of benzene rings is 1. The van der Waals surface area contributed by atoms with Crippen molar-refractivity contribution in [3.05, 3.63) is 30.6 Å². The molecule has 1 heterocycles. The Kier molecular flexibility index (Phi) is 3.85. The van der Waals surface area contributed by atoms with Gasteiger partial charge in [0.05, 0.1) is 18.0 Å². The molecule has 1 aromatic heterocycles. The van der Waals surface area contributed by atoms with Crippen LogP contribution in [0.2, 0.25) is 0 Å². The molecule has 0 aliphatic rings. The Morgan fingerprint density at radius 2 is 1.81 bits per heavy atom. The zero-order valence-corrected chi connectivity index (χ0v) is 13.1. The summed E-state index contributed by atoms with van der Waals surface area (Å²) < 4.78 is 4.91. The summed E-state index contributed by atoms with van der Waals surface area (Å²) in [5.74, 6) is 0.445. The number of carbonyl (C=O) groups is 1. The number of aromatic nitrogens is 2. The number of rotatable bonds is 4. The summed E-state index contributed by atoms with van der Waals surface area (Å²) in [6, 6.07) is 7.76. The molecule has 5 heteroatoms. The van der Waals surface area contributed by atoms with E-state index in [4.69, 9.17) is 4.74 Å². The van der Waals surface area contributed by atoms with Crippen LogP contribution in [0.5, 0.6) is 0 Å². The minimum Gasteiger partial charge on any atom is -0.469 e.